The van der Waals surface area contributed by atoms with E-state index in [1.165, 1.54) is 24.0 Å². The minimum absolute atomic E-state index is 0.242. The van der Waals surface area contributed by atoms with Crippen LogP contribution in [0, 0.1) is 6.92 Å². The van der Waals surface area contributed by atoms with Gasteiger partial charge in [-0.2, -0.15) is 0 Å². The zero-order valence-corrected chi connectivity index (χ0v) is 14.5. The fourth-order valence-electron chi connectivity index (χ4n) is 3.11. The highest BCUT2D eigenvalue weighted by molar-refractivity contribution is 7.89. The average Bonchev–Trinajstić information content (AvgIpc) is 2.54. The largest absolute Gasteiger partial charge is 0.241 e. The normalized spacial score (nSPS) is 15.9. The van der Waals surface area contributed by atoms with Crippen molar-refractivity contribution >= 4 is 10.0 Å². The van der Waals surface area contributed by atoms with Gasteiger partial charge in [0.2, 0.25) is 10.0 Å². The third-order valence-corrected chi connectivity index (χ3v) is 6.09. The molecule has 1 unspecified atom stereocenters. The van der Waals surface area contributed by atoms with Gasteiger partial charge in [0.1, 0.15) is 0 Å². The van der Waals surface area contributed by atoms with Crippen molar-refractivity contribution in [2.45, 2.75) is 50.5 Å². The number of hydrogen-bond donors (Lipinski definition) is 1. The van der Waals surface area contributed by atoms with Gasteiger partial charge in [0, 0.05) is 6.04 Å². The van der Waals surface area contributed by atoms with Crippen LogP contribution in [0.15, 0.2) is 47.4 Å². The number of aryl methyl sites for hydroxylation is 3. The van der Waals surface area contributed by atoms with E-state index in [0.717, 1.165) is 24.0 Å². The summed E-state index contributed by atoms with van der Waals surface area (Å²) < 4.78 is 27.8. The van der Waals surface area contributed by atoms with Gasteiger partial charge in [0.05, 0.1) is 4.90 Å². The van der Waals surface area contributed by atoms with Crippen molar-refractivity contribution in [2.24, 2.45) is 0 Å². The number of hydrogen-bond acceptors (Lipinski definition) is 2. The van der Waals surface area contributed by atoms with E-state index >= 15 is 0 Å². The minimum Gasteiger partial charge on any atom is -0.207 e. The third-order valence-electron chi connectivity index (χ3n) is 4.54. The summed E-state index contributed by atoms with van der Waals surface area (Å²) >= 11 is 0. The summed E-state index contributed by atoms with van der Waals surface area (Å²) in [5.41, 5.74) is 4.86. The van der Waals surface area contributed by atoms with Crippen molar-refractivity contribution in [1.29, 1.82) is 0 Å². The van der Waals surface area contributed by atoms with Gasteiger partial charge in [-0.05, 0) is 68.4 Å². The topological polar surface area (TPSA) is 46.2 Å². The highest BCUT2D eigenvalue weighted by Gasteiger charge is 2.19. The molecule has 1 aliphatic carbocycles. The van der Waals surface area contributed by atoms with E-state index < -0.39 is 10.0 Å². The van der Waals surface area contributed by atoms with Crippen LogP contribution in [-0.2, 0) is 22.9 Å². The molecule has 1 N–H and O–H groups in total. The number of benzene rings is 2. The minimum atomic E-state index is -3.50. The van der Waals surface area contributed by atoms with Gasteiger partial charge in [0.15, 0.2) is 0 Å². The summed E-state index contributed by atoms with van der Waals surface area (Å²) in [6.45, 7) is 3.84. The Kier molecular flexibility index (Phi) is 4.55. The van der Waals surface area contributed by atoms with Crippen LogP contribution in [0.25, 0.3) is 0 Å². The molecule has 2 aromatic rings. The van der Waals surface area contributed by atoms with Crippen LogP contribution in [0.5, 0.6) is 0 Å². The number of rotatable bonds is 4. The summed E-state index contributed by atoms with van der Waals surface area (Å²) in [7, 11) is -3.50. The van der Waals surface area contributed by atoms with E-state index in [9.17, 15) is 8.42 Å². The Balaban J connectivity index is 1.80. The van der Waals surface area contributed by atoms with Crippen LogP contribution in [0.1, 0.15) is 48.1 Å². The van der Waals surface area contributed by atoms with E-state index in [0.29, 0.717) is 4.90 Å². The maximum Gasteiger partial charge on any atom is 0.241 e. The molecule has 0 aromatic heterocycles. The standard InChI is InChI=1S/C19H23NO2S/c1-14-7-11-19(12-8-14)23(21,22)20-15(2)17-10-9-16-5-3-4-6-18(16)13-17/h7-13,15,20H,3-6H2,1-2H3. The van der Waals surface area contributed by atoms with Crippen molar-refractivity contribution in [1.82, 2.24) is 4.72 Å². The first-order valence-corrected chi connectivity index (χ1v) is 9.65. The summed E-state index contributed by atoms with van der Waals surface area (Å²) in [4.78, 5) is 0.313. The second-order valence-corrected chi connectivity index (χ2v) is 8.11. The molecule has 0 radical (unpaired) electrons. The zero-order chi connectivity index (χ0) is 16.4. The van der Waals surface area contributed by atoms with Crippen LogP contribution < -0.4 is 4.72 Å². The quantitative estimate of drug-likeness (QED) is 0.924. The van der Waals surface area contributed by atoms with Crippen molar-refractivity contribution < 1.29 is 8.42 Å². The maximum atomic E-state index is 12.5. The molecule has 0 fully saturated rings. The Bertz CT molecular complexity index is 795. The summed E-state index contributed by atoms with van der Waals surface area (Å²) in [6, 6.07) is 13.1. The molecule has 0 amide bonds. The van der Waals surface area contributed by atoms with E-state index in [-0.39, 0.29) is 6.04 Å². The lowest BCUT2D eigenvalue weighted by atomic mass is 9.89. The molecule has 1 atom stereocenters. The predicted molar refractivity (Wildman–Crippen MR) is 93.0 cm³/mol. The molecule has 1 aliphatic rings. The van der Waals surface area contributed by atoms with Crippen molar-refractivity contribution in [2.75, 3.05) is 0 Å². The van der Waals surface area contributed by atoms with E-state index in [1.54, 1.807) is 12.1 Å². The van der Waals surface area contributed by atoms with Gasteiger partial charge >= 0.3 is 0 Å². The first-order chi connectivity index (χ1) is 11.0. The Morgan fingerprint density at radius 3 is 2.30 bits per heavy atom. The first kappa shape index (κ1) is 16.2. The van der Waals surface area contributed by atoms with Crippen LogP contribution in [0.2, 0.25) is 0 Å². The zero-order valence-electron chi connectivity index (χ0n) is 13.7. The van der Waals surface area contributed by atoms with Gasteiger partial charge in [0.25, 0.3) is 0 Å². The lowest BCUT2D eigenvalue weighted by Crippen LogP contribution is -2.27. The highest BCUT2D eigenvalue weighted by Crippen LogP contribution is 2.25. The highest BCUT2D eigenvalue weighted by atomic mass is 32.2. The molecule has 2 aromatic carbocycles. The molecule has 0 spiro atoms. The van der Waals surface area contributed by atoms with E-state index in [1.807, 2.05) is 32.0 Å². The van der Waals surface area contributed by atoms with Crippen molar-refractivity contribution in [3.63, 3.8) is 0 Å². The van der Waals surface area contributed by atoms with Crippen LogP contribution in [0.3, 0.4) is 0 Å². The molecule has 0 saturated heterocycles. The SMILES string of the molecule is Cc1ccc(S(=O)(=O)NC(C)c2ccc3c(c2)CCCC3)cc1. The lowest BCUT2D eigenvalue weighted by molar-refractivity contribution is 0.566. The molecule has 0 bridgehead atoms. The van der Waals surface area contributed by atoms with Gasteiger partial charge in [-0.25, -0.2) is 13.1 Å². The fraction of sp³-hybridized carbons (Fsp3) is 0.368. The van der Waals surface area contributed by atoms with Crippen LogP contribution in [-0.4, -0.2) is 8.42 Å². The molecule has 3 nitrogen and oxygen atoms in total. The van der Waals surface area contributed by atoms with Crippen molar-refractivity contribution in [3.05, 3.63) is 64.7 Å². The first-order valence-electron chi connectivity index (χ1n) is 8.16. The Hall–Kier alpha value is -1.65. The number of fused-ring (bicyclic) bond motifs is 1. The van der Waals surface area contributed by atoms with Crippen molar-refractivity contribution in [3.8, 4) is 0 Å². The Morgan fingerprint density at radius 2 is 1.61 bits per heavy atom. The average molecular weight is 329 g/mol. The van der Waals surface area contributed by atoms with Gasteiger partial charge in [-0.15, -0.1) is 0 Å². The summed E-state index contributed by atoms with van der Waals surface area (Å²) in [5, 5.41) is 0. The predicted octanol–water partition coefficient (Wildman–Crippen LogP) is 3.91. The van der Waals surface area contributed by atoms with Crippen LogP contribution >= 0.6 is 0 Å². The lowest BCUT2D eigenvalue weighted by Gasteiger charge is -2.20. The Morgan fingerprint density at radius 1 is 0.957 bits per heavy atom. The Labute approximate surface area is 138 Å². The van der Waals surface area contributed by atoms with E-state index in [2.05, 4.69) is 16.9 Å². The molecule has 23 heavy (non-hydrogen) atoms. The molecule has 122 valence electrons. The molecule has 0 saturated carbocycles. The fourth-order valence-corrected chi connectivity index (χ4v) is 4.34. The van der Waals surface area contributed by atoms with Gasteiger partial charge in [-0.1, -0.05) is 35.9 Å². The molecule has 0 heterocycles. The monoisotopic (exact) mass is 329 g/mol. The van der Waals surface area contributed by atoms with Gasteiger partial charge < -0.3 is 0 Å². The number of sulfonamides is 1. The van der Waals surface area contributed by atoms with E-state index in [4.69, 9.17) is 0 Å². The molecule has 3 rings (SSSR count). The molecular formula is C19H23NO2S. The summed E-state index contributed by atoms with van der Waals surface area (Å²) in [6.07, 6.45) is 4.71. The number of nitrogens with one attached hydrogen (secondary N) is 1. The smallest absolute Gasteiger partial charge is 0.207 e. The second kappa shape index (κ2) is 6.46. The molecular weight excluding hydrogens is 306 g/mol. The maximum absolute atomic E-state index is 12.5. The third kappa shape index (κ3) is 3.65. The van der Waals surface area contributed by atoms with Gasteiger partial charge in [-0.3, -0.25) is 0 Å². The van der Waals surface area contributed by atoms with Crippen LogP contribution in [0.4, 0.5) is 0 Å². The second-order valence-electron chi connectivity index (χ2n) is 6.39. The summed E-state index contributed by atoms with van der Waals surface area (Å²) in [5.74, 6) is 0. The molecule has 4 heteroatoms. The molecule has 0 aliphatic heterocycles.